The number of hydrogen-bond acceptors (Lipinski definition) is 6. The van der Waals surface area contributed by atoms with Crippen LogP contribution in [0.2, 0.25) is 0 Å². The number of hydrogen-bond donors (Lipinski definition) is 0. The van der Waals surface area contributed by atoms with E-state index in [2.05, 4.69) is 16.1 Å². The lowest BCUT2D eigenvalue weighted by atomic mass is 10.0. The fraction of sp³-hybridized carbons (Fsp3) is 0.130. The summed E-state index contributed by atoms with van der Waals surface area (Å²) in [7, 11) is 0. The molecule has 5 aromatic rings. The van der Waals surface area contributed by atoms with Crippen LogP contribution < -0.4 is 14.8 Å². The Bertz CT molecular complexity index is 1480. The molecule has 7 nitrogen and oxygen atoms in total. The van der Waals surface area contributed by atoms with Gasteiger partial charge < -0.3 is 4.74 Å². The monoisotopic (exact) mass is 429 g/mol. The molecular formula is C23H19N5O2S. The molecular weight excluding hydrogens is 410 g/mol. The first-order valence-corrected chi connectivity index (χ1v) is 10.7. The maximum Gasteiger partial charge on any atom is 0.291 e. The molecule has 0 atom stereocenters. The highest BCUT2D eigenvalue weighted by atomic mass is 32.1. The van der Waals surface area contributed by atoms with E-state index >= 15 is 0 Å². The highest BCUT2D eigenvalue weighted by Crippen LogP contribution is 2.29. The Kier molecular flexibility index (Phi) is 4.83. The molecule has 0 saturated carbocycles. The van der Waals surface area contributed by atoms with Gasteiger partial charge in [0.25, 0.3) is 5.56 Å². The molecule has 0 amide bonds. The lowest BCUT2D eigenvalue weighted by molar-refractivity contribution is 0.338. The van der Waals surface area contributed by atoms with Gasteiger partial charge >= 0.3 is 0 Å². The average Bonchev–Trinajstić information content (AvgIpc) is 3.48. The fourth-order valence-corrected chi connectivity index (χ4v) is 4.34. The van der Waals surface area contributed by atoms with Gasteiger partial charge in [-0.05, 0) is 55.8 Å². The molecule has 0 aliphatic rings. The van der Waals surface area contributed by atoms with Gasteiger partial charge in [0.2, 0.25) is 4.96 Å². The summed E-state index contributed by atoms with van der Waals surface area (Å²) in [6.07, 6.45) is 5.18. The van der Waals surface area contributed by atoms with Crippen LogP contribution in [0.3, 0.4) is 0 Å². The van der Waals surface area contributed by atoms with Crippen molar-refractivity contribution < 1.29 is 4.74 Å². The quantitative estimate of drug-likeness (QED) is 0.429. The molecule has 0 radical (unpaired) electrons. The molecule has 0 spiro atoms. The molecule has 0 fully saturated rings. The van der Waals surface area contributed by atoms with Crippen LogP contribution in [-0.4, -0.2) is 31.0 Å². The summed E-state index contributed by atoms with van der Waals surface area (Å²) in [5.74, 6) is 0.853. The Labute approximate surface area is 181 Å². The van der Waals surface area contributed by atoms with Crippen molar-refractivity contribution in [3.05, 3.63) is 87.1 Å². The summed E-state index contributed by atoms with van der Waals surface area (Å²) in [6, 6.07) is 15.9. The second-order valence-electron chi connectivity index (χ2n) is 7.00. The zero-order valence-corrected chi connectivity index (χ0v) is 17.8. The maximum absolute atomic E-state index is 12.7. The molecule has 3 heterocycles. The summed E-state index contributed by atoms with van der Waals surface area (Å²) in [5, 5.41) is 8.85. The number of ether oxygens (including phenoxy) is 1. The van der Waals surface area contributed by atoms with Gasteiger partial charge in [0.15, 0.2) is 0 Å². The van der Waals surface area contributed by atoms with Crippen LogP contribution in [0.1, 0.15) is 18.1 Å². The van der Waals surface area contributed by atoms with Gasteiger partial charge in [-0.2, -0.15) is 14.7 Å². The van der Waals surface area contributed by atoms with Crippen molar-refractivity contribution >= 4 is 22.4 Å². The molecule has 0 unspecified atom stereocenters. The first kappa shape index (κ1) is 19.2. The second-order valence-corrected chi connectivity index (χ2v) is 8.01. The minimum atomic E-state index is -0.182. The van der Waals surface area contributed by atoms with Crippen LogP contribution in [0.5, 0.6) is 5.75 Å². The summed E-state index contributed by atoms with van der Waals surface area (Å²) >= 11 is 1.31. The van der Waals surface area contributed by atoms with E-state index in [1.807, 2.05) is 73.3 Å². The van der Waals surface area contributed by atoms with Gasteiger partial charge in [-0.25, -0.2) is 9.67 Å². The standard InChI is InChI=1S/C23H19N5O2S/c1-3-30-19-10-9-16(11-15(19)2)21-17(13-27(26-21)18-7-5-4-6-8-18)12-20-22(29)28-23(31-20)24-14-25-28/h4-14H,3H2,1-2H3. The third-order valence-corrected chi connectivity index (χ3v) is 5.89. The van der Waals surface area contributed by atoms with Gasteiger partial charge in [-0.15, -0.1) is 0 Å². The van der Waals surface area contributed by atoms with Gasteiger partial charge in [0.1, 0.15) is 17.8 Å². The topological polar surface area (TPSA) is 74.3 Å². The molecule has 31 heavy (non-hydrogen) atoms. The lowest BCUT2D eigenvalue weighted by Crippen LogP contribution is -2.23. The average molecular weight is 430 g/mol. The zero-order chi connectivity index (χ0) is 21.4. The van der Waals surface area contributed by atoms with E-state index in [4.69, 9.17) is 9.84 Å². The van der Waals surface area contributed by atoms with Crippen molar-refractivity contribution in [2.24, 2.45) is 0 Å². The molecule has 5 rings (SSSR count). The Balaban J connectivity index is 1.70. The first-order chi connectivity index (χ1) is 15.1. The van der Waals surface area contributed by atoms with E-state index in [1.165, 1.54) is 22.2 Å². The van der Waals surface area contributed by atoms with Gasteiger partial charge in [0.05, 0.1) is 16.8 Å². The van der Waals surface area contributed by atoms with Crippen molar-refractivity contribution in [1.29, 1.82) is 0 Å². The van der Waals surface area contributed by atoms with E-state index in [-0.39, 0.29) is 5.56 Å². The van der Waals surface area contributed by atoms with Crippen LogP contribution in [0.25, 0.3) is 28.0 Å². The van der Waals surface area contributed by atoms with Crippen LogP contribution in [0.15, 0.2) is 65.8 Å². The summed E-state index contributed by atoms with van der Waals surface area (Å²) < 4.78 is 9.39. The third kappa shape index (κ3) is 3.51. The minimum Gasteiger partial charge on any atom is -0.494 e. The third-order valence-electron chi connectivity index (χ3n) is 4.92. The number of thiazole rings is 1. The molecule has 154 valence electrons. The van der Waals surface area contributed by atoms with Crippen molar-refractivity contribution in [1.82, 2.24) is 24.4 Å². The SMILES string of the molecule is CCOc1ccc(-c2nn(-c3ccccc3)cc2C=c2sc3ncnn3c2=O)cc1C. The Morgan fingerprint density at radius 3 is 2.74 bits per heavy atom. The second kappa shape index (κ2) is 7.81. The fourth-order valence-electron chi connectivity index (χ4n) is 3.46. The van der Waals surface area contributed by atoms with Gasteiger partial charge in [0, 0.05) is 17.3 Å². The lowest BCUT2D eigenvalue weighted by Gasteiger charge is -2.08. The highest BCUT2D eigenvalue weighted by Gasteiger charge is 2.14. The van der Waals surface area contributed by atoms with Crippen LogP contribution in [-0.2, 0) is 0 Å². The van der Waals surface area contributed by atoms with Crippen LogP contribution >= 0.6 is 11.3 Å². The smallest absolute Gasteiger partial charge is 0.291 e. The molecule has 0 N–H and O–H groups in total. The van der Waals surface area contributed by atoms with E-state index < -0.39 is 0 Å². The Morgan fingerprint density at radius 2 is 2.00 bits per heavy atom. The van der Waals surface area contributed by atoms with Gasteiger partial charge in [-0.3, -0.25) is 4.79 Å². The highest BCUT2D eigenvalue weighted by molar-refractivity contribution is 7.15. The number of fused-ring (bicyclic) bond motifs is 1. The predicted molar refractivity (Wildman–Crippen MR) is 121 cm³/mol. The minimum absolute atomic E-state index is 0.182. The Morgan fingerprint density at radius 1 is 1.16 bits per heavy atom. The molecule has 0 aliphatic heterocycles. The van der Waals surface area contributed by atoms with E-state index in [1.54, 1.807) is 0 Å². The number of rotatable bonds is 5. The Hall–Kier alpha value is -3.78. The molecule has 0 bridgehead atoms. The van der Waals surface area contributed by atoms with Crippen LogP contribution in [0, 0.1) is 6.92 Å². The number of aryl methyl sites for hydroxylation is 1. The predicted octanol–water partition coefficient (Wildman–Crippen LogP) is 3.26. The van der Waals surface area contributed by atoms with Crippen LogP contribution in [0.4, 0.5) is 0 Å². The summed E-state index contributed by atoms with van der Waals surface area (Å²) in [5.41, 5.74) is 4.37. The number of nitrogens with zero attached hydrogens (tertiary/aromatic N) is 5. The van der Waals surface area contributed by atoms with E-state index in [0.717, 1.165) is 33.8 Å². The number of aromatic nitrogens is 5. The largest absolute Gasteiger partial charge is 0.494 e. The summed E-state index contributed by atoms with van der Waals surface area (Å²) in [6.45, 7) is 4.60. The van der Waals surface area contributed by atoms with Crippen molar-refractivity contribution in [2.45, 2.75) is 13.8 Å². The normalized spacial score (nSPS) is 12.0. The molecule has 0 aliphatic carbocycles. The van der Waals surface area contributed by atoms with Gasteiger partial charge in [-0.1, -0.05) is 29.5 Å². The molecule has 8 heteroatoms. The number of benzene rings is 2. The van der Waals surface area contributed by atoms with E-state index in [9.17, 15) is 4.79 Å². The van der Waals surface area contributed by atoms with Crippen molar-refractivity contribution in [3.63, 3.8) is 0 Å². The summed E-state index contributed by atoms with van der Waals surface area (Å²) in [4.78, 5) is 17.4. The maximum atomic E-state index is 12.7. The molecule has 3 aromatic heterocycles. The van der Waals surface area contributed by atoms with E-state index in [0.29, 0.717) is 16.1 Å². The zero-order valence-electron chi connectivity index (χ0n) is 17.0. The van der Waals surface area contributed by atoms with Crippen molar-refractivity contribution in [2.75, 3.05) is 6.61 Å². The first-order valence-electron chi connectivity index (χ1n) is 9.87. The molecule has 2 aromatic carbocycles. The molecule has 0 saturated heterocycles. The van der Waals surface area contributed by atoms with Crippen molar-refractivity contribution in [3.8, 4) is 22.7 Å². The number of para-hydroxylation sites is 1.